The number of carbonyl (C=O) groups is 4. The molecule has 10 heteroatoms. The zero-order valence-electron chi connectivity index (χ0n) is 16.0. The molecule has 1 heterocycles. The molecular formula is C17H26O10. The predicted octanol–water partition coefficient (Wildman–Crippen LogP) is -0.117. The summed E-state index contributed by atoms with van der Waals surface area (Å²) in [7, 11) is 0. The van der Waals surface area contributed by atoms with E-state index < -0.39 is 60.5 Å². The zero-order chi connectivity index (χ0) is 20.7. The van der Waals surface area contributed by atoms with E-state index in [4.69, 9.17) is 23.7 Å². The molecule has 6 atom stereocenters. The molecule has 1 fully saturated rings. The highest BCUT2D eigenvalue weighted by Gasteiger charge is 2.52. The Bertz CT molecular complexity index is 558. The number of carbonyl (C=O) groups excluding carboxylic acids is 4. The molecule has 1 aliphatic rings. The van der Waals surface area contributed by atoms with Crippen LogP contribution in [0.4, 0.5) is 0 Å². The summed E-state index contributed by atoms with van der Waals surface area (Å²) in [5.74, 6) is -2.64. The van der Waals surface area contributed by atoms with Crippen LogP contribution in [0.1, 0.15) is 41.0 Å². The molecule has 0 aromatic carbocycles. The lowest BCUT2D eigenvalue weighted by molar-refractivity contribution is -0.255. The van der Waals surface area contributed by atoms with Gasteiger partial charge < -0.3 is 28.8 Å². The van der Waals surface area contributed by atoms with Crippen molar-refractivity contribution in [2.75, 3.05) is 6.61 Å². The Morgan fingerprint density at radius 2 is 1.26 bits per heavy atom. The Morgan fingerprint density at radius 3 is 1.67 bits per heavy atom. The van der Waals surface area contributed by atoms with Crippen LogP contribution in [0.2, 0.25) is 0 Å². The van der Waals surface area contributed by atoms with Crippen molar-refractivity contribution in [1.82, 2.24) is 0 Å². The molecule has 0 radical (unpaired) electrons. The van der Waals surface area contributed by atoms with Crippen molar-refractivity contribution in [1.29, 1.82) is 0 Å². The van der Waals surface area contributed by atoms with E-state index in [1.54, 1.807) is 0 Å². The van der Waals surface area contributed by atoms with Crippen LogP contribution in [-0.4, -0.2) is 72.2 Å². The van der Waals surface area contributed by atoms with E-state index in [0.717, 1.165) is 20.8 Å². The topological polar surface area (TPSA) is 135 Å². The zero-order valence-corrected chi connectivity index (χ0v) is 16.0. The van der Waals surface area contributed by atoms with Gasteiger partial charge in [0.15, 0.2) is 18.3 Å². The number of hydrogen-bond donors (Lipinski definition) is 1. The van der Waals surface area contributed by atoms with Gasteiger partial charge in [0.25, 0.3) is 0 Å². The fraction of sp³-hybridized carbons (Fsp3) is 0.765. The SMILES string of the molecule is CC(=O)OC[C@H]1O[C@@H](CC(C)O)[C@H](OC(C)=O)[C@@H](OC(C)=O)[C@H]1OC(C)=O. The maximum Gasteiger partial charge on any atom is 0.303 e. The molecule has 27 heavy (non-hydrogen) atoms. The lowest BCUT2D eigenvalue weighted by atomic mass is 9.91. The summed E-state index contributed by atoms with van der Waals surface area (Å²) in [6, 6.07) is 0. The van der Waals surface area contributed by atoms with Crippen molar-refractivity contribution in [3.8, 4) is 0 Å². The fourth-order valence-electron chi connectivity index (χ4n) is 2.84. The van der Waals surface area contributed by atoms with Crippen molar-refractivity contribution >= 4 is 23.9 Å². The van der Waals surface area contributed by atoms with Crippen molar-refractivity contribution in [3.63, 3.8) is 0 Å². The highest BCUT2D eigenvalue weighted by molar-refractivity contribution is 5.68. The molecule has 0 spiro atoms. The number of aliphatic hydroxyl groups is 1. The molecule has 0 aromatic rings. The Labute approximate surface area is 157 Å². The minimum absolute atomic E-state index is 0.0407. The first kappa shape index (κ1) is 22.8. The number of hydrogen-bond acceptors (Lipinski definition) is 10. The smallest absolute Gasteiger partial charge is 0.303 e. The summed E-state index contributed by atoms with van der Waals surface area (Å²) in [5, 5.41) is 9.74. The van der Waals surface area contributed by atoms with Crippen molar-refractivity contribution in [2.24, 2.45) is 0 Å². The highest BCUT2D eigenvalue weighted by Crippen LogP contribution is 2.31. The van der Waals surface area contributed by atoms with Crippen LogP contribution in [0.15, 0.2) is 0 Å². The summed E-state index contributed by atoms with van der Waals surface area (Å²) >= 11 is 0. The molecule has 1 unspecified atom stereocenters. The van der Waals surface area contributed by atoms with Gasteiger partial charge in [-0.2, -0.15) is 0 Å². The molecule has 1 N–H and O–H groups in total. The summed E-state index contributed by atoms with van der Waals surface area (Å²) in [6.07, 6.45) is -6.17. The average Bonchev–Trinajstić information content (AvgIpc) is 2.49. The predicted molar refractivity (Wildman–Crippen MR) is 88.3 cm³/mol. The maximum atomic E-state index is 11.6. The van der Waals surface area contributed by atoms with Crippen LogP contribution >= 0.6 is 0 Å². The summed E-state index contributed by atoms with van der Waals surface area (Å²) in [4.78, 5) is 45.8. The van der Waals surface area contributed by atoms with E-state index in [1.165, 1.54) is 13.8 Å². The van der Waals surface area contributed by atoms with Crippen LogP contribution in [-0.2, 0) is 42.9 Å². The van der Waals surface area contributed by atoms with Crippen LogP contribution in [0.3, 0.4) is 0 Å². The molecule has 0 amide bonds. The number of rotatable bonds is 7. The fourth-order valence-corrected chi connectivity index (χ4v) is 2.84. The third-order valence-electron chi connectivity index (χ3n) is 3.66. The molecule has 1 aliphatic heterocycles. The van der Waals surface area contributed by atoms with E-state index in [1.807, 2.05) is 0 Å². The lowest BCUT2D eigenvalue weighted by Crippen LogP contribution is -2.62. The van der Waals surface area contributed by atoms with Crippen LogP contribution in [0, 0.1) is 0 Å². The van der Waals surface area contributed by atoms with E-state index in [9.17, 15) is 24.3 Å². The molecule has 0 aromatic heterocycles. The molecule has 10 nitrogen and oxygen atoms in total. The monoisotopic (exact) mass is 390 g/mol. The Kier molecular flexibility index (Phi) is 8.64. The summed E-state index contributed by atoms with van der Waals surface area (Å²) < 4.78 is 26.5. The number of aliphatic hydroxyl groups excluding tert-OH is 1. The van der Waals surface area contributed by atoms with E-state index in [0.29, 0.717) is 0 Å². The van der Waals surface area contributed by atoms with Crippen molar-refractivity contribution < 1.29 is 48.0 Å². The van der Waals surface area contributed by atoms with Gasteiger partial charge in [-0.15, -0.1) is 0 Å². The minimum atomic E-state index is -1.20. The average molecular weight is 390 g/mol. The normalized spacial score (nSPS) is 28.6. The van der Waals surface area contributed by atoms with Gasteiger partial charge in [0.1, 0.15) is 18.8 Å². The van der Waals surface area contributed by atoms with Gasteiger partial charge >= 0.3 is 23.9 Å². The first-order chi connectivity index (χ1) is 12.5. The van der Waals surface area contributed by atoms with Crippen LogP contribution in [0.25, 0.3) is 0 Å². The Morgan fingerprint density at radius 1 is 0.815 bits per heavy atom. The highest BCUT2D eigenvalue weighted by atomic mass is 16.7. The minimum Gasteiger partial charge on any atom is -0.463 e. The molecule has 0 bridgehead atoms. The van der Waals surface area contributed by atoms with E-state index in [2.05, 4.69) is 0 Å². The quantitative estimate of drug-likeness (QED) is 0.463. The van der Waals surface area contributed by atoms with Gasteiger partial charge in [0.2, 0.25) is 0 Å². The standard InChI is InChI=1S/C17H26O10/c1-8(18)6-13-15(24-10(3)20)17(26-12(5)22)16(25-11(4)21)14(27-13)7-23-9(2)19/h8,13-18H,6-7H2,1-5H3/t8?,13-,14+,15-,16-,17+/m0/s1. The van der Waals surface area contributed by atoms with Gasteiger partial charge in [-0.25, -0.2) is 0 Å². The number of esters is 4. The van der Waals surface area contributed by atoms with Gasteiger partial charge in [0, 0.05) is 34.1 Å². The third-order valence-corrected chi connectivity index (χ3v) is 3.66. The summed E-state index contributed by atoms with van der Waals surface area (Å²) in [5.41, 5.74) is 0. The molecular weight excluding hydrogens is 364 g/mol. The first-order valence-electron chi connectivity index (χ1n) is 8.49. The number of ether oxygens (including phenoxy) is 5. The van der Waals surface area contributed by atoms with Crippen molar-refractivity contribution in [3.05, 3.63) is 0 Å². The molecule has 0 aliphatic carbocycles. The third kappa shape index (κ3) is 7.51. The molecule has 0 saturated carbocycles. The van der Waals surface area contributed by atoms with Gasteiger partial charge in [0.05, 0.1) is 6.10 Å². The molecule has 1 saturated heterocycles. The lowest BCUT2D eigenvalue weighted by Gasteiger charge is -2.44. The second kappa shape index (κ2) is 10.2. The molecule has 154 valence electrons. The molecule has 1 rings (SSSR count). The Balaban J connectivity index is 3.27. The maximum absolute atomic E-state index is 11.6. The van der Waals surface area contributed by atoms with Crippen LogP contribution in [0.5, 0.6) is 0 Å². The van der Waals surface area contributed by atoms with Gasteiger partial charge in [-0.05, 0) is 6.92 Å². The van der Waals surface area contributed by atoms with E-state index >= 15 is 0 Å². The van der Waals surface area contributed by atoms with Crippen molar-refractivity contribution in [2.45, 2.75) is 77.7 Å². The summed E-state index contributed by atoms with van der Waals surface area (Å²) in [6.45, 7) is 5.88. The largest absolute Gasteiger partial charge is 0.463 e. The van der Waals surface area contributed by atoms with Gasteiger partial charge in [-0.1, -0.05) is 0 Å². The first-order valence-corrected chi connectivity index (χ1v) is 8.49. The van der Waals surface area contributed by atoms with Gasteiger partial charge in [-0.3, -0.25) is 19.2 Å². The second-order valence-electron chi connectivity index (χ2n) is 6.32. The van der Waals surface area contributed by atoms with Crippen LogP contribution < -0.4 is 0 Å². The Hall–Kier alpha value is -2.20. The van der Waals surface area contributed by atoms with E-state index in [-0.39, 0.29) is 13.0 Å². The second-order valence-corrected chi connectivity index (χ2v) is 6.32.